The summed E-state index contributed by atoms with van der Waals surface area (Å²) in [5.41, 5.74) is 10.3. The zero-order valence-corrected chi connectivity index (χ0v) is 18.9. The molecule has 150 valence electrons. The van der Waals surface area contributed by atoms with E-state index in [-0.39, 0.29) is 11.5 Å². The maximum absolute atomic E-state index is 11.8. The normalized spacial score (nSPS) is 16.7. The second-order valence-corrected chi connectivity index (χ2v) is 10.8. The van der Waals surface area contributed by atoms with Crippen LogP contribution in [0.3, 0.4) is 0 Å². The van der Waals surface area contributed by atoms with E-state index in [2.05, 4.69) is 46.9 Å². The van der Waals surface area contributed by atoms with Gasteiger partial charge in [-0.1, -0.05) is 0 Å². The standard InChI is InChI=1S/C17H15Br2N7O2S/c18-11-8-21-12-5-9(6-22-14(11)12)10-7-23-26-15(20)13(19)17(24-16(10)26)25-1-3-29(27,28)4-2-25/h5-8,21H,1-4,20H2. The number of aromatic amines is 1. The van der Waals surface area contributed by atoms with Gasteiger partial charge in [0.1, 0.15) is 21.6 Å². The van der Waals surface area contributed by atoms with Gasteiger partial charge in [-0.25, -0.2) is 13.4 Å². The number of nitrogens with zero attached hydrogens (tertiary/aromatic N) is 5. The van der Waals surface area contributed by atoms with Crippen molar-refractivity contribution in [3.8, 4) is 11.1 Å². The molecule has 9 nitrogen and oxygen atoms in total. The SMILES string of the molecule is Nc1c(Br)c(N2CCS(=O)(=O)CC2)nc2c(-c3cnc4c(Br)c[nH]c4c3)cnn12. The molecular formula is C17H15Br2N7O2S. The van der Waals surface area contributed by atoms with E-state index in [1.807, 2.05) is 17.2 Å². The molecule has 0 radical (unpaired) electrons. The number of hydrogen-bond acceptors (Lipinski definition) is 7. The lowest BCUT2D eigenvalue weighted by Gasteiger charge is -2.28. The van der Waals surface area contributed by atoms with Gasteiger partial charge in [0.2, 0.25) is 0 Å². The van der Waals surface area contributed by atoms with Gasteiger partial charge in [-0.3, -0.25) is 4.98 Å². The molecular weight excluding hydrogens is 526 g/mol. The van der Waals surface area contributed by atoms with Crippen LogP contribution >= 0.6 is 31.9 Å². The minimum atomic E-state index is -3.00. The number of rotatable bonds is 2. The van der Waals surface area contributed by atoms with Crippen molar-refractivity contribution in [3.05, 3.63) is 33.6 Å². The summed E-state index contributed by atoms with van der Waals surface area (Å²) in [6, 6.07) is 1.98. The summed E-state index contributed by atoms with van der Waals surface area (Å²) in [5, 5.41) is 4.39. The molecule has 5 rings (SSSR count). The number of nitrogen functional groups attached to an aromatic ring is 1. The highest BCUT2D eigenvalue weighted by atomic mass is 79.9. The highest BCUT2D eigenvalue weighted by molar-refractivity contribution is 9.11. The average molecular weight is 541 g/mol. The van der Waals surface area contributed by atoms with Crippen LogP contribution in [-0.4, -0.2) is 57.6 Å². The molecule has 1 fully saturated rings. The lowest BCUT2D eigenvalue weighted by Crippen LogP contribution is -2.41. The van der Waals surface area contributed by atoms with E-state index >= 15 is 0 Å². The van der Waals surface area contributed by atoms with Crippen molar-refractivity contribution in [2.75, 3.05) is 35.2 Å². The van der Waals surface area contributed by atoms with Gasteiger partial charge < -0.3 is 15.6 Å². The average Bonchev–Trinajstić information content (AvgIpc) is 3.28. The Morgan fingerprint density at radius 1 is 1.17 bits per heavy atom. The number of nitrogens with two attached hydrogens (primary N) is 1. The summed E-state index contributed by atoms with van der Waals surface area (Å²) in [7, 11) is -3.00. The molecule has 0 saturated carbocycles. The number of fused-ring (bicyclic) bond motifs is 2. The molecule has 0 aliphatic carbocycles. The quantitative estimate of drug-likeness (QED) is 0.400. The van der Waals surface area contributed by atoms with E-state index in [0.717, 1.165) is 26.6 Å². The predicted octanol–water partition coefficient (Wildman–Crippen LogP) is 2.61. The van der Waals surface area contributed by atoms with Crippen molar-refractivity contribution in [3.63, 3.8) is 0 Å². The molecule has 29 heavy (non-hydrogen) atoms. The molecule has 0 unspecified atom stereocenters. The second kappa shape index (κ2) is 6.67. The molecule has 0 aromatic carbocycles. The third-order valence-electron chi connectivity index (χ3n) is 5.03. The Kier molecular flexibility index (Phi) is 4.33. The number of halogens is 2. The largest absolute Gasteiger partial charge is 0.383 e. The van der Waals surface area contributed by atoms with Gasteiger partial charge in [0.05, 0.1) is 27.7 Å². The second-order valence-electron chi connectivity index (χ2n) is 6.82. The van der Waals surface area contributed by atoms with Crippen molar-refractivity contribution >= 4 is 70.0 Å². The zero-order chi connectivity index (χ0) is 20.3. The van der Waals surface area contributed by atoms with E-state index < -0.39 is 9.84 Å². The maximum atomic E-state index is 11.8. The Hall–Kier alpha value is -2.18. The Balaban J connectivity index is 1.64. The Morgan fingerprint density at radius 2 is 1.93 bits per heavy atom. The fourth-order valence-corrected chi connectivity index (χ4v) is 5.58. The number of hydrogen-bond donors (Lipinski definition) is 2. The number of H-pyrrole nitrogens is 1. The molecule has 0 amide bonds. The van der Waals surface area contributed by atoms with E-state index in [4.69, 9.17) is 10.7 Å². The van der Waals surface area contributed by atoms with Gasteiger partial charge in [-0.05, 0) is 37.9 Å². The van der Waals surface area contributed by atoms with E-state index in [1.165, 1.54) is 0 Å². The minimum Gasteiger partial charge on any atom is -0.383 e. The van der Waals surface area contributed by atoms with Crippen LogP contribution in [-0.2, 0) is 9.84 Å². The number of nitrogens with one attached hydrogen (secondary N) is 1. The van der Waals surface area contributed by atoms with Crippen molar-refractivity contribution in [1.29, 1.82) is 0 Å². The van der Waals surface area contributed by atoms with Gasteiger partial charge in [0.15, 0.2) is 15.5 Å². The molecule has 0 bridgehead atoms. The first-order chi connectivity index (χ1) is 13.8. The van der Waals surface area contributed by atoms with Gasteiger partial charge >= 0.3 is 0 Å². The van der Waals surface area contributed by atoms with Crippen molar-refractivity contribution in [2.45, 2.75) is 0 Å². The fraction of sp³-hybridized carbons (Fsp3) is 0.235. The summed E-state index contributed by atoms with van der Waals surface area (Å²) in [6.07, 6.45) is 5.31. The molecule has 1 aliphatic rings. The topological polar surface area (TPSA) is 122 Å². The van der Waals surface area contributed by atoms with E-state index in [1.54, 1.807) is 16.9 Å². The van der Waals surface area contributed by atoms with Crippen LogP contribution in [0, 0.1) is 0 Å². The summed E-state index contributed by atoms with van der Waals surface area (Å²) < 4.78 is 26.6. The summed E-state index contributed by atoms with van der Waals surface area (Å²) in [4.78, 5) is 14.4. The van der Waals surface area contributed by atoms with Crippen LogP contribution in [0.2, 0.25) is 0 Å². The van der Waals surface area contributed by atoms with Gasteiger partial charge in [0, 0.05) is 36.6 Å². The fourth-order valence-electron chi connectivity index (χ4n) is 3.44. The molecule has 12 heteroatoms. The molecule has 0 atom stereocenters. The highest BCUT2D eigenvalue weighted by Crippen LogP contribution is 2.35. The summed E-state index contributed by atoms with van der Waals surface area (Å²) >= 11 is 6.97. The number of aromatic nitrogens is 5. The van der Waals surface area contributed by atoms with Crippen LogP contribution in [0.5, 0.6) is 0 Å². The molecule has 1 saturated heterocycles. The van der Waals surface area contributed by atoms with Crippen LogP contribution in [0.1, 0.15) is 0 Å². The predicted molar refractivity (Wildman–Crippen MR) is 119 cm³/mol. The van der Waals surface area contributed by atoms with Crippen molar-refractivity contribution < 1.29 is 8.42 Å². The zero-order valence-electron chi connectivity index (χ0n) is 14.9. The Bertz CT molecular complexity index is 1370. The molecule has 3 N–H and O–H groups in total. The first-order valence-corrected chi connectivity index (χ1v) is 12.2. The molecule has 4 aromatic heterocycles. The lowest BCUT2D eigenvalue weighted by molar-refractivity contribution is 0.586. The summed E-state index contributed by atoms with van der Waals surface area (Å²) in [6.45, 7) is 0.744. The van der Waals surface area contributed by atoms with Crippen LogP contribution in [0.15, 0.2) is 33.6 Å². The smallest absolute Gasteiger partial charge is 0.167 e. The Morgan fingerprint density at radius 3 is 2.69 bits per heavy atom. The first-order valence-electron chi connectivity index (χ1n) is 8.75. The van der Waals surface area contributed by atoms with Crippen molar-refractivity contribution in [2.24, 2.45) is 0 Å². The number of pyridine rings is 1. The highest BCUT2D eigenvalue weighted by Gasteiger charge is 2.26. The van der Waals surface area contributed by atoms with E-state index in [0.29, 0.717) is 34.8 Å². The van der Waals surface area contributed by atoms with E-state index in [9.17, 15) is 8.42 Å². The third kappa shape index (κ3) is 3.09. The minimum absolute atomic E-state index is 0.0978. The number of anilines is 2. The van der Waals surface area contributed by atoms with Crippen molar-refractivity contribution in [1.82, 2.24) is 24.6 Å². The summed E-state index contributed by atoms with van der Waals surface area (Å²) in [5.74, 6) is 1.21. The number of sulfone groups is 1. The third-order valence-corrected chi connectivity index (χ3v) is 8.00. The Labute approximate surface area is 182 Å². The van der Waals surface area contributed by atoms with Gasteiger partial charge in [-0.2, -0.15) is 9.61 Å². The lowest BCUT2D eigenvalue weighted by atomic mass is 10.1. The van der Waals surface area contributed by atoms with Crippen LogP contribution in [0.25, 0.3) is 27.8 Å². The van der Waals surface area contributed by atoms with Gasteiger partial charge in [0.25, 0.3) is 0 Å². The monoisotopic (exact) mass is 539 g/mol. The molecule has 4 aromatic rings. The molecule has 0 spiro atoms. The maximum Gasteiger partial charge on any atom is 0.167 e. The molecule has 5 heterocycles. The first kappa shape index (κ1) is 18.8. The van der Waals surface area contributed by atoms with Crippen LogP contribution < -0.4 is 10.6 Å². The van der Waals surface area contributed by atoms with Crippen LogP contribution in [0.4, 0.5) is 11.6 Å². The molecule has 1 aliphatic heterocycles. The van der Waals surface area contributed by atoms with Gasteiger partial charge in [-0.15, -0.1) is 0 Å².